The molecule has 0 fully saturated rings. The van der Waals surface area contributed by atoms with E-state index in [0.29, 0.717) is 5.69 Å². The van der Waals surface area contributed by atoms with E-state index in [-0.39, 0.29) is 0 Å². The number of rotatable bonds is 2. The van der Waals surface area contributed by atoms with Crippen LogP contribution in [0.4, 0.5) is 5.69 Å². The smallest absolute Gasteiger partial charge is 0.135 e. The fourth-order valence-electron chi connectivity index (χ4n) is 1.99. The molecule has 88 valence electrons. The Bertz CT molecular complexity index is 711. The SMILES string of the molecule is Cc1ccc2oc(-c3ccc(N=O)cc3)cc2c1. The fourth-order valence-corrected chi connectivity index (χ4v) is 1.99. The molecule has 3 nitrogen and oxygen atoms in total. The van der Waals surface area contributed by atoms with Crippen molar-refractivity contribution < 1.29 is 4.42 Å². The summed E-state index contributed by atoms with van der Waals surface area (Å²) in [6, 6.07) is 15.1. The molecule has 0 bridgehead atoms. The minimum atomic E-state index is 0.422. The maximum atomic E-state index is 10.4. The van der Waals surface area contributed by atoms with E-state index in [1.54, 1.807) is 12.1 Å². The second-order valence-corrected chi connectivity index (χ2v) is 4.29. The van der Waals surface area contributed by atoms with E-state index < -0.39 is 0 Å². The van der Waals surface area contributed by atoms with Gasteiger partial charge in [-0.05, 0) is 54.6 Å². The molecular formula is C15H11NO2. The second kappa shape index (κ2) is 4.11. The maximum Gasteiger partial charge on any atom is 0.135 e. The van der Waals surface area contributed by atoms with Crippen LogP contribution in [0.25, 0.3) is 22.3 Å². The Morgan fingerprint density at radius 1 is 1.00 bits per heavy atom. The summed E-state index contributed by atoms with van der Waals surface area (Å²) in [6.07, 6.45) is 0. The fraction of sp³-hybridized carbons (Fsp3) is 0.0667. The molecule has 0 N–H and O–H groups in total. The summed E-state index contributed by atoms with van der Waals surface area (Å²) in [4.78, 5) is 10.4. The van der Waals surface area contributed by atoms with Crippen molar-refractivity contribution in [1.29, 1.82) is 0 Å². The Kier molecular flexibility index (Phi) is 2.45. The highest BCUT2D eigenvalue weighted by Crippen LogP contribution is 2.29. The lowest BCUT2D eigenvalue weighted by Crippen LogP contribution is -1.71. The summed E-state index contributed by atoms with van der Waals surface area (Å²) in [5.74, 6) is 0.799. The summed E-state index contributed by atoms with van der Waals surface area (Å²) in [7, 11) is 0. The largest absolute Gasteiger partial charge is 0.456 e. The van der Waals surface area contributed by atoms with Crippen molar-refractivity contribution in [3.8, 4) is 11.3 Å². The zero-order chi connectivity index (χ0) is 12.5. The zero-order valence-corrected chi connectivity index (χ0v) is 9.88. The van der Waals surface area contributed by atoms with Gasteiger partial charge in [0.2, 0.25) is 0 Å². The molecule has 0 amide bonds. The molecule has 0 radical (unpaired) electrons. The van der Waals surface area contributed by atoms with E-state index in [2.05, 4.69) is 18.2 Å². The number of fused-ring (bicyclic) bond motifs is 1. The first kappa shape index (κ1) is 10.7. The lowest BCUT2D eigenvalue weighted by Gasteiger charge is -1.95. The lowest BCUT2D eigenvalue weighted by molar-refractivity contribution is 0.631. The van der Waals surface area contributed by atoms with Gasteiger partial charge < -0.3 is 4.42 Å². The number of nitrogens with zero attached hydrogens (tertiary/aromatic N) is 1. The minimum absolute atomic E-state index is 0.422. The van der Waals surface area contributed by atoms with Gasteiger partial charge in [0.1, 0.15) is 17.0 Å². The third kappa shape index (κ3) is 1.80. The van der Waals surface area contributed by atoms with E-state index in [1.807, 2.05) is 30.3 Å². The number of nitroso groups, excluding NO2 is 1. The zero-order valence-electron chi connectivity index (χ0n) is 9.88. The van der Waals surface area contributed by atoms with E-state index in [0.717, 1.165) is 22.3 Å². The molecule has 1 heterocycles. The first-order valence-corrected chi connectivity index (χ1v) is 5.70. The molecule has 0 spiro atoms. The lowest BCUT2D eigenvalue weighted by atomic mass is 10.1. The van der Waals surface area contributed by atoms with E-state index >= 15 is 0 Å². The molecule has 0 aliphatic rings. The van der Waals surface area contributed by atoms with Crippen LogP contribution in [0.1, 0.15) is 5.56 Å². The van der Waals surface area contributed by atoms with Gasteiger partial charge in [0.25, 0.3) is 0 Å². The molecule has 2 aromatic carbocycles. The van der Waals surface area contributed by atoms with Crippen molar-refractivity contribution in [3.05, 3.63) is 59.0 Å². The van der Waals surface area contributed by atoms with Gasteiger partial charge in [-0.1, -0.05) is 11.6 Å². The van der Waals surface area contributed by atoms with E-state index in [1.165, 1.54) is 5.56 Å². The monoisotopic (exact) mass is 237 g/mol. The molecule has 0 aliphatic heterocycles. The molecule has 3 aromatic rings. The Morgan fingerprint density at radius 3 is 2.50 bits per heavy atom. The standard InChI is InChI=1S/C15H11NO2/c1-10-2-7-14-12(8-10)9-15(18-14)11-3-5-13(16-17)6-4-11/h2-9H,1H3. The molecule has 0 atom stereocenters. The van der Waals surface area contributed by atoms with Gasteiger partial charge in [0.05, 0.1) is 0 Å². The summed E-state index contributed by atoms with van der Waals surface area (Å²) in [5, 5.41) is 3.96. The van der Waals surface area contributed by atoms with Crippen LogP contribution in [0.5, 0.6) is 0 Å². The van der Waals surface area contributed by atoms with Crippen LogP contribution in [0.2, 0.25) is 0 Å². The molecule has 1 aromatic heterocycles. The minimum Gasteiger partial charge on any atom is -0.456 e. The van der Waals surface area contributed by atoms with Gasteiger partial charge in [-0.3, -0.25) is 0 Å². The average Bonchev–Trinajstić information content (AvgIpc) is 2.81. The number of hydrogen-bond acceptors (Lipinski definition) is 3. The van der Waals surface area contributed by atoms with Gasteiger partial charge in [-0.25, -0.2) is 0 Å². The van der Waals surface area contributed by atoms with Crippen LogP contribution in [0.15, 0.2) is 58.1 Å². The van der Waals surface area contributed by atoms with Crippen molar-refractivity contribution in [2.75, 3.05) is 0 Å². The van der Waals surface area contributed by atoms with Gasteiger partial charge in [-0.2, -0.15) is 0 Å². The molecule has 0 saturated heterocycles. The van der Waals surface area contributed by atoms with Crippen LogP contribution in [0, 0.1) is 11.8 Å². The molecule has 0 unspecified atom stereocenters. The summed E-state index contributed by atoms with van der Waals surface area (Å²) >= 11 is 0. The summed E-state index contributed by atoms with van der Waals surface area (Å²) < 4.78 is 5.77. The van der Waals surface area contributed by atoms with Gasteiger partial charge >= 0.3 is 0 Å². The second-order valence-electron chi connectivity index (χ2n) is 4.29. The normalized spacial score (nSPS) is 10.7. The molecule has 0 aliphatic carbocycles. The quantitative estimate of drug-likeness (QED) is 0.600. The van der Waals surface area contributed by atoms with Gasteiger partial charge in [-0.15, -0.1) is 4.91 Å². The average molecular weight is 237 g/mol. The summed E-state index contributed by atoms with van der Waals surface area (Å²) in [6.45, 7) is 2.05. The third-order valence-corrected chi connectivity index (χ3v) is 2.93. The molecule has 3 rings (SSSR count). The third-order valence-electron chi connectivity index (χ3n) is 2.93. The van der Waals surface area contributed by atoms with Gasteiger partial charge in [0.15, 0.2) is 0 Å². The van der Waals surface area contributed by atoms with Crippen molar-refractivity contribution in [3.63, 3.8) is 0 Å². The Labute approximate surface area is 104 Å². The maximum absolute atomic E-state index is 10.4. The predicted octanol–water partition coefficient (Wildman–Crippen LogP) is 4.81. The number of benzene rings is 2. The van der Waals surface area contributed by atoms with Crippen molar-refractivity contribution in [2.45, 2.75) is 6.92 Å². The topological polar surface area (TPSA) is 42.6 Å². The first-order chi connectivity index (χ1) is 8.76. The Hall–Kier alpha value is -2.42. The predicted molar refractivity (Wildman–Crippen MR) is 71.8 cm³/mol. The number of furan rings is 1. The van der Waals surface area contributed by atoms with Crippen molar-refractivity contribution >= 4 is 16.7 Å². The van der Waals surface area contributed by atoms with Crippen molar-refractivity contribution in [1.82, 2.24) is 0 Å². The molecule has 18 heavy (non-hydrogen) atoms. The van der Waals surface area contributed by atoms with Crippen LogP contribution in [-0.4, -0.2) is 0 Å². The molecule has 3 heteroatoms. The molecular weight excluding hydrogens is 226 g/mol. The van der Waals surface area contributed by atoms with E-state index in [9.17, 15) is 4.91 Å². The highest BCUT2D eigenvalue weighted by atomic mass is 16.3. The Balaban J connectivity index is 2.10. The van der Waals surface area contributed by atoms with Gasteiger partial charge in [0, 0.05) is 10.9 Å². The van der Waals surface area contributed by atoms with Crippen LogP contribution >= 0.6 is 0 Å². The number of aryl methyl sites for hydroxylation is 1. The van der Waals surface area contributed by atoms with E-state index in [4.69, 9.17) is 4.42 Å². The number of hydrogen-bond donors (Lipinski definition) is 0. The molecule has 0 saturated carbocycles. The highest BCUT2D eigenvalue weighted by molar-refractivity contribution is 5.83. The van der Waals surface area contributed by atoms with Crippen LogP contribution in [0.3, 0.4) is 0 Å². The highest BCUT2D eigenvalue weighted by Gasteiger charge is 2.06. The van der Waals surface area contributed by atoms with Crippen molar-refractivity contribution in [2.24, 2.45) is 5.18 Å². The van der Waals surface area contributed by atoms with Crippen LogP contribution in [-0.2, 0) is 0 Å². The van der Waals surface area contributed by atoms with Crippen LogP contribution < -0.4 is 0 Å². The Morgan fingerprint density at radius 2 is 1.78 bits per heavy atom. The first-order valence-electron chi connectivity index (χ1n) is 5.70. The summed E-state index contributed by atoms with van der Waals surface area (Å²) in [5.41, 5.74) is 3.44.